The molecule has 1 aromatic rings. The quantitative estimate of drug-likeness (QED) is 0.828. The Labute approximate surface area is 117 Å². The molecule has 0 unspecified atom stereocenters. The van der Waals surface area contributed by atoms with Crippen LogP contribution in [0.3, 0.4) is 0 Å². The summed E-state index contributed by atoms with van der Waals surface area (Å²) >= 11 is 3.24. The average molecular weight is 339 g/mol. The van der Waals surface area contributed by atoms with Crippen LogP contribution in [0, 0.1) is 0 Å². The van der Waals surface area contributed by atoms with Crippen molar-refractivity contribution in [3.05, 3.63) is 16.9 Å². The lowest BCUT2D eigenvalue weighted by Crippen LogP contribution is -2.54. The van der Waals surface area contributed by atoms with Crippen LogP contribution in [0.25, 0.3) is 0 Å². The van der Waals surface area contributed by atoms with Crippen molar-refractivity contribution in [2.75, 3.05) is 31.1 Å². The molecular weight excluding hydrogens is 325 g/mol. The summed E-state index contributed by atoms with van der Waals surface area (Å²) in [6.07, 6.45) is -0.906. The molecule has 0 spiro atoms. The van der Waals surface area contributed by atoms with Gasteiger partial charge in [-0.15, -0.1) is 0 Å². The van der Waals surface area contributed by atoms with E-state index in [0.29, 0.717) is 32.1 Å². The topological polar surface area (TPSA) is 32.3 Å². The SMILES string of the molecule is C[C@H](N1CCN(c2ncc(Br)cn2)CC1)C(F)(F)F. The first-order chi connectivity index (χ1) is 8.88. The van der Waals surface area contributed by atoms with Gasteiger partial charge in [-0.1, -0.05) is 0 Å². The van der Waals surface area contributed by atoms with Crippen molar-refractivity contribution in [1.82, 2.24) is 14.9 Å². The number of hydrogen-bond acceptors (Lipinski definition) is 4. The normalized spacial score (nSPS) is 19.5. The molecule has 0 radical (unpaired) electrons. The first-order valence-corrected chi connectivity index (χ1v) is 6.70. The van der Waals surface area contributed by atoms with Crippen LogP contribution in [0.4, 0.5) is 19.1 Å². The predicted molar refractivity (Wildman–Crippen MR) is 69.0 cm³/mol. The van der Waals surface area contributed by atoms with Gasteiger partial charge >= 0.3 is 6.18 Å². The maximum Gasteiger partial charge on any atom is 0.403 e. The Balaban J connectivity index is 1.94. The molecule has 19 heavy (non-hydrogen) atoms. The van der Waals surface area contributed by atoms with E-state index >= 15 is 0 Å². The van der Waals surface area contributed by atoms with Crippen LogP contribution >= 0.6 is 15.9 Å². The van der Waals surface area contributed by atoms with E-state index in [1.807, 2.05) is 4.90 Å². The van der Waals surface area contributed by atoms with Gasteiger partial charge in [0.25, 0.3) is 0 Å². The number of nitrogens with zero attached hydrogens (tertiary/aromatic N) is 4. The molecule has 0 bridgehead atoms. The molecule has 2 heterocycles. The molecule has 1 fully saturated rings. The molecule has 0 saturated carbocycles. The zero-order valence-electron chi connectivity index (χ0n) is 10.4. The van der Waals surface area contributed by atoms with Gasteiger partial charge in [0.2, 0.25) is 5.95 Å². The Morgan fingerprint density at radius 2 is 1.68 bits per heavy atom. The second-order valence-electron chi connectivity index (χ2n) is 4.44. The van der Waals surface area contributed by atoms with Gasteiger partial charge in [0, 0.05) is 38.6 Å². The largest absolute Gasteiger partial charge is 0.403 e. The number of rotatable bonds is 2. The lowest BCUT2D eigenvalue weighted by Gasteiger charge is -2.38. The molecule has 1 aromatic heterocycles. The van der Waals surface area contributed by atoms with Crippen molar-refractivity contribution in [3.63, 3.8) is 0 Å². The Bertz CT molecular complexity index is 415. The third kappa shape index (κ3) is 3.56. The van der Waals surface area contributed by atoms with E-state index in [0.717, 1.165) is 4.47 Å². The Morgan fingerprint density at radius 3 is 2.16 bits per heavy atom. The zero-order valence-corrected chi connectivity index (χ0v) is 11.9. The van der Waals surface area contributed by atoms with Crippen molar-refractivity contribution in [3.8, 4) is 0 Å². The molecule has 1 aliphatic heterocycles. The fourth-order valence-electron chi connectivity index (χ4n) is 1.99. The highest BCUT2D eigenvalue weighted by atomic mass is 79.9. The minimum absolute atomic E-state index is 0.361. The summed E-state index contributed by atoms with van der Waals surface area (Å²) in [5.74, 6) is 0.558. The fourth-order valence-corrected chi connectivity index (χ4v) is 2.19. The maximum atomic E-state index is 12.6. The molecule has 8 heteroatoms. The lowest BCUT2D eigenvalue weighted by atomic mass is 10.2. The highest BCUT2D eigenvalue weighted by Gasteiger charge is 2.40. The van der Waals surface area contributed by atoms with Gasteiger partial charge < -0.3 is 4.90 Å². The lowest BCUT2D eigenvalue weighted by molar-refractivity contribution is -0.179. The summed E-state index contributed by atoms with van der Waals surface area (Å²) in [5, 5.41) is 0. The molecule has 1 saturated heterocycles. The van der Waals surface area contributed by atoms with Crippen LogP contribution in [-0.2, 0) is 0 Å². The van der Waals surface area contributed by atoms with Crippen LogP contribution in [-0.4, -0.2) is 53.3 Å². The number of anilines is 1. The van der Waals surface area contributed by atoms with Gasteiger partial charge in [-0.05, 0) is 22.9 Å². The summed E-state index contributed by atoms with van der Waals surface area (Å²) in [5.41, 5.74) is 0. The van der Waals surface area contributed by atoms with E-state index in [9.17, 15) is 13.2 Å². The second kappa shape index (κ2) is 5.62. The zero-order chi connectivity index (χ0) is 14.0. The van der Waals surface area contributed by atoms with Crippen LogP contribution in [0.1, 0.15) is 6.92 Å². The van der Waals surface area contributed by atoms with Gasteiger partial charge in [-0.25, -0.2) is 9.97 Å². The van der Waals surface area contributed by atoms with Crippen molar-refractivity contribution < 1.29 is 13.2 Å². The van der Waals surface area contributed by atoms with Gasteiger partial charge in [0.15, 0.2) is 0 Å². The minimum atomic E-state index is -4.17. The van der Waals surface area contributed by atoms with Crippen molar-refractivity contribution in [2.24, 2.45) is 0 Å². The molecule has 0 aliphatic carbocycles. The molecule has 4 nitrogen and oxygen atoms in total. The average Bonchev–Trinajstić information content (AvgIpc) is 2.38. The van der Waals surface area contributed by atoms with E-state index < -0.39 is 12.2 Å². The molecule has 1 atom stereocenters. The number of aromatic nitrogens is 2. The molecular formula is C11H14BrF3N4. The standard InChI is InChI=1S/C11H14BrF3N4/c1-8(11(13,14)15)18-2-4-19(5-3-18)10-16-6-9(12)7-17-10/h6-8H,2-5H2,1H3/t8-/m0/s1. The summed E-state index contributed by atoms with van der Waals surface area (Å²) in [7, 11) is 0. The minimum Gasteiger partial charge on any atom is -0.338 e. The maximum absolute atomic E-state index is 12.6. The third-order valence-corrected chi connectivity index (χ3v) is 3.63. The van der Waals surface area contributed by atoms with Crippen LogP contribution < -0.4 is 4.90 Å². The highest BCUT2D eigenvalue weighted by molar-refractivity contribution is 9.10. The molecule has 0 N–H and O–H groups in total. The molecule has 0 amide bonds. The molecule has 106 valence electrons. The Hall–Kier alpha value is -0.890. The fraction of sp³-hybridized carbons (Fsp3) is 0.636. The number of halogens is 4. The number of hydrogen-bond donors (Lipinski definition) is 0. The van der Waals surface area contributed by atoms with E-state index in [1.54, 1.807) is 12.4 Å². The predicted octanol–water partition coefficient (Wildman–Crippen LogP) is 2.31. The van der Waals surface area contributed by atoms with E-state index in [1.165, 1.54) is 11.8 Å². The van der Waals surface area contributed by atoms with Crippen molar-refractivity contribution >= 4 is 21.9 Å². The third-order valence-electron chi connectivity index (χ3n) is 3.23. The first kappa shape index (κ1) is 14.5. The van der Waals surface area contributed by atoms with Crippen LogP contribution in [0.5, 0.6) is 0 Å². The smallest absolute Gasteiger partial charge is 0.338 e. The van der Waals surface area contributed by atoms with Crippen molar-refractivity contribution in [1.29, 1.82) is 0 Å². The summed E-state index contributed by atoms with van der Waals surface area (Å²) in [4.78, 5) is 11.6. The number of alkyl halides is 3. The first-order valence-electron chi connectivity index (χ1n) is 5.91. The number of piperazine rings is 1. The van der Waals surface area contributed by atoms with Gasteiger partial charge in [0.05, 0.1) is 4.47 Å². The molecule has 2 rings (SSSR count). The monoisotopic (exact) mass is 338 g/mol. The van der Waals surface area contributed by atoms with E-state index in [2.05, 4.69) is 25.9 Å². The van der Waals surface area contributed by atoms with Gasteiger partial charge in [-0.2, -0.15) is 13.2 Å². The second-order valence-corrected chi connectivity index (χ2v) is 5.36. The summed E-state index contributed by atoms with van der Waals surface area (Å²) in [6, 6.07) is -1.40. The van der Waals surface area contributed by atoms with Crippen molar-refractivity contribution in [2.45, 2.75) is 19.1 Å². The Kier molecular flexibility index (Phi) is 4.29. The summed E-state index contributed by atoms with van der Waals surface area (Å²) in [6.45, 7) is 2.93. The van der Waals surface area contributed by atoms with Gasteiger partial charge in [-0.3, -0.25) is 4.90 Å². The highest BCUT2D eigenvalue weighted by Crippen LogP contribution is 2.25. The van der Waals surface area contributed by atoms with E-state index in [-0.39, 0.29) is 0 Å². The molecule has 1 aliphatic rings. The Morgan fingerprint density at radius 1 is 1.16 bits per heavy atom. The van der Waals surface area contributed by atoms with E-state index in [4.69, 9.17) is 0 Å². The molecule has 0 aromatic carbocycles. The van der Waals surface area contributed by atoms with Gasteiger partial charge in [0.1, 0.15) is 6.04 Å². The van der Waals surface area contributed by atoms with Crippen LogP contribution in [0.2, 0.25) is 0 Å². The van der Waals surface area contributed by atoms with Crippen LogP contribution in [0.15, 0.2) is 16.9 Å². The summed E-state index contributed by atoms with van der Waals surface area (Å²) < 4.78 is 38.6.